The first kappa shape index (κ1) is 12.3. The first-order chi connectivity index (χ1) is 6.80. The molecule has 0 amide bonds. The maximum atomic E-state index is 13.4. The van der Waals surface area contributed by atoms with Crippen LogP contribution in [0.5, 0.6) is 0 Å². The van der Waals surface area contributed by atoms with E-state index in [1.807, 2.05) is 0 Å². The van der Waals surface area contributed by atoms with E-state index in [1.165, 1.54) is 6.07 Å². The van der Waals surface area contributed by atoms with Gasteiger partial charge in [0.2, 0.25) is 0 Å². The van der Waals surface area contributed by atoms with Gasteiger partial charge in [-0.3, -0.25) is 4.79 Å². The number of carbonyl (C=O) groups excluding carboxylic acids is 1. The summed E-state index contributed by atoms with van der Waals surface area (Å²) in [4.78, 5) is 11.6. The number of benzene rings is 1. The summed E-state index contributed by atoms with van der Waals surface area (Å²) >= 11 is 3.15. The molecule has 4 heteroatoms. The number of hydrogen-bond acceptors (Lipinski definition) is 2. The number of rotatable bonds is 3. The molecule has 0 aliphatic heterocycles. The van der Waals surface area contributed by atoms with Gasteiger partial charge in [0.15, 0.2) is 5.78 Å². The number of nitrogens with two attached hydrogens (primary N) is 1. The van der Waals surface area contributed by atoms with Crippen LogP contribution < -0.4 is 5.73 Å². The van der Waals surface area contributed by atoms with E-state index < -0.39 is 5.54 Å². The first-order valence-electron chi connectivity index (χ1n) is 4.57. The zero-order valence-corrected chi connectivity index (χ0v) is 10.3. The van der Waals surface area contributed by atoms with Crippen molar-refractivity contribution in [1.29, 1.82) is 0 Å². The average molecular weight is 274 g/mol. The third kappa shape index (κ3) is 3.39. The second-order valence-electron chi connectivity index (χ2n) is 4.06. The van der Waals surface area contributed by atoms with Crippen LogP contribution in [-0.4, -0.2) is 11.3 Å². The van der Waals surface area contributed by atoms with E-state index in [1.54, 1.807) is 26.0 Å². The minimum atomic E-state index is -0.917. The SMILES string of the molecule is CC(C)(N)C(=O)Cc1ccc(Br)cc1F. The van der Waals surface area contributed by atoms with E-state index in [-0.39, 0.29) is 18.0 Å². The third-order valence-corrected chi connectivity index (χ3v) is 2.58. The standard InChI is InChI=1S/C11H13BrFNO/c1-11(2,14)10(15)5-7-3-4-8(12)6-9(7)13/h3-4,6H,5,14H2,1-2H3. The number of ketones is 1. The summed E-state index contributed by atoms with van der Waals surface area (Å²) < 4.78 is 14.0. The van der Waals surface area contributed by atoms with Gasteiger partial charge in [-0.25, -0.2) is 4.39 Å². The second-order valence-corrected chi connectivity index (χ2v) is 4.97. The van der Waals surface area contributed by atoms with Crippen LogP contribution in [0.4, 0.5) is 4.39 Å². The molecule has 0 saturated heterocycles. The summed E-state index contributed by atoms with van der Waals surface area (Å²) in [5, 5.41) is 0. The van der Waals surface area contributed by atoms with Gasteiger partial charge >= 0.3 is 0 Å². The van der Waals surface area contributed by atoms with Crippen LogP contribution in [0.25, 0.3) is 0 Å². The zero-order valence-electron chi connectivity index (χ0n) is 8.68. The van der Waals surface area contributed by atoms with Crippen molar-refractivity contribution >= 4 is 21.7 Å². The highest BCUT2D eigenvalue weighted by atomic mass is 79.9. The largest absolute Gasteiger partial charge is 0.319 e. The smallest absolute Gasteiger partial charge is 0.156 e. The van der Waals surface area contributed by atoms with E-state index >= 15 is 0 Å². The van der Waals surface area contributed by atoms with E-state index in [9.17, 15) is 9.18 Å². The lowest BCUT2D eigenvalue weighted by atomic mass is 9.95. The van der Waals surface area contributed by atoms with Crippen molar-refractivity contribution in [3.63, 3.8) is 0 Å². The van der Waals surface area contributed by atoms with Gasteiger partial charge in [-0.1, -0.05) is 22.0 Å². The fourth-order valence-corrected chi connectivity index (χ4v) is 1.40. The minimum absolute atomic E-state index is 0.0304. The van der Waals surface area contributed by atoms with Crippen LogP contribution in [0.1, 0.15) is 19.4 Å². The van der Waals surface area contributed by atoms with Gasteiger partial charge in [0.25, 0.3) is 0 Å². The van der Waals surface area contributed by atoms with Gasteiger partial charge in [0.1, 0.15) is 5.82 Å². The number of halogens is 2. The molecule has 1 aromatic carbocycles. The van der Waals surface area contributed by atoms with Crippen LogP contribution in [0.2, 0.25) is 0 Å². The first-order valence-corrected chi connectivity index (χ1v) is 5.36. The van der Waals surface area contributed by atoms with Crippen molar-refractivity contribution in [3.8, 4) is 0 Å². The number of Topliss-reactive ketones (excluding diaryl/α,β-unsaturated/α-hetero) is 1. The molecule has 82 valence electrons. The Labute approximate surface area is 96.8 Å². The molecular formula is C11H13BrFNO. The Kier molecular flexibility index (Phi) is 3.62. The van der Waals surface area contributed by atoms with Gasteiger partial charge in [-0.15, -0.1) is 0 Å². The minimum Gasteiger partial charge on any atom is -0.319 e. The van der Waals surface area contributed by atoms with Crippen LogP contribution in [0, 0.1) is 5.82 Å². The number of carbonyl (C=O) groups is 1. The maximum absolute atomic E-state index is 13.4. The molecule has 0 radical (unpaired) electrons. The molecule has 2 N–H and O–H groups in total. The van der Waals surface area contributed by atoms with Crippen molar-refractivity contribution in [2.75, 3.05) is 0 Å². The Bertz CT molecular complexity index is 385. The highest BCUT2D eigenvalue weighted by Gasteiger charge is 2.22. The molecule has 1 aromatic rings. The predicted octanol–water partition coefficient (Wildman–Crippen LogP) is 2.44. The van der Waals surface area contributed by atoms with E-state index in [4.69, 9.17) is 5.73 Å². The molecule has 0 aromatic heterocycles. The monoisotopic (exact) mass is 273 g/mol. The normalized spacial score (nSPS) is 11.5. The molecule has 1 rings (SSSR count). The van der Waals surface area contributed by atoms with Gasteiger partial charge < -0.3 is 5.73 Å². The molecule has 15 heavy (non-hydrogen) atoms. The molecule has 0 atom stereocenters. The fourth-order valence-electron chi connectivity index (χ4n) is 1.07. The van der Waals surface area contributed by atoms with Crippen molar-refractivity contribution in [1.82, 2.24) is 0 Å². The lowest BCUT2D eigenvalue weighted by Crippen LogP contribution is -2.42. The summed E-state index contributed by atoms with van der Waals surface area (Å²) in [6.07, 6.45) is 0.0304. The maximum Gasteiger partial charge on any atom is 0.156 e. The third-order valence-electron chi connectivity index (χ3n) is 2.08. The van der Waals surface area contributed by atoms with E-state index in [0.29, 0.717) is 10.0 Å². The summed E-state index contributed by atoms with van der Waals surface area (Å²) in [5.41, 5.74) is 5.08. The predicted molar refractivity (Wildman–Crippen MR) is 61.1 cm³/mol. The van der Waals surface area contributed by atoms with Gasteiger partial charge in [0, 0.05) is 10.9 Å². The van der Waals surface area contributed by atoms with Crippen LogP contribution in [-0.2, 0) is 11.2 Å². The van der Waals surface area contributed by atoms with E-state index in [0.717, 1.165) is 0 Å². The summed E-state index contributed by atoms with van der Waals surface area (Å²) in [6, 6.07) is 4.63. The topological polar surface area (TPSA) is 43.1 Å². The lowest BCUT2D eigenvalue weighted by molar-refractivity contribution is -0.122. The van der Waals surface area contributed by atoms with Crippen molar-refractivity contribution in [2.24, 2.45) is 5.73 Å². The molecule has 0 bridgehead atoms. The van der Waals surface area contributed by atoms with Crippen molar-refractivity contribution in [3.05, 3.63) is 34.1 Å². The fraction of sp³-hybridized carbons (Fsp3) is 0.364. The summed E-state index contributed by atoms with van der Waals surface area (Å²) in [6.45, 7) is 3.23. The Morgan fingerprint density at radius 1 is 1.53 bits per heavy atom. The molecule has 2 nitrogen and oxygen atoms in total. The summed E-state index contributed by atoms with van der Waals surface area (Å²) in [7, 11) is 0. The Hall–Kier alpha value is -0.740. The Morgan fingerprint density at radius 2 is 2.13 bits per heavy atom. The molecule has 0 fully saturated rings. The Morgan fingerprint density at radius 3 is 2.60 bits per heavy atom. The van der Waals surface area contributed by atoms with Crippen molar-refractivity contribution in [2.45, 2.75) is 25.8 Å². The molecule has 0 unspecified atom stereocenters. The molecule has 0 heterocycles. The lowest BCUT2D eigenvalue weighted by Gasteiger charge is -2.16. The van der Waals surface area contributed by atoms with Gasteiger partial charge in [0.05, 0.1) is 5.54 Å². The highest BCUT2D eigenvalue weighted by Crippen LogP contribution is 2.17. The molecule has 0 spiro atoms. The van der Waals surface area contributed by atoms with Crippen molar-refractivity contribution < 1.29 is 9.18 Å². The summed E-state index contributed by atoms with van der Waals surface area (Å²) in [5.74, 6) is -0.564. The Balaban J connectivity index is 2.87. The van der Waals surface area contributed by atoms with Crippen LogP contribution in [0.3, 0.4) is 0 Å². The molecular weight excluding hydrogens is 261 g/mol. The number of hydrogen-bond donors (Lipinski definition) is 1. The quantitative estimate of drug-likeness (QED) is 0.919. The average Bonchev–Trinajstić information content (AvgIpc) is 2.08. The molecule has 0 aliphatic carbocycles. The van der Waals surface area contributed by atoms with Gasteiger partial charge in [-0.05, 0) is 31.5 Å². The molecule has 0 saturated carbocycles. The van der Waals surface area contributed by atoms with Crippen LogP contribution >= 0.6 is 15.9 Å². The molecule has 0 aliphatic rings. The van der Waals surface area contributed by atoms with Crippen LogP contribution in [0.15, 0.2) is 22.7 Å². The van der Waals surface area contributed by atoms with E-state index in [2.05, 4.69) is 15.9 Å². The second kappa shape index (κ2) is 4.41. The zero-order chi connectivity index (χ0) is 11.6. The van der Waals surface area contributed by atoms with Gasteiger partial charge in [-0.2, -0.15) is 0 Å². The highest BCUT2D eigenvalue weighted by molar-refractivity contribution is 9.10.